The van der Waals surface area contributed by atoms with E-state index in [0.29, 0.717) is 15.9 Å². The quantitative estimate of drug-likeness (QED) is 0.500. The number of nitrogens with zero attached hydrogens (tertiary/aromatic N) is 2. The van der Waals surface area contributed by atoms with Crippen molar-refractivity contribution in [1.82, 2.24) is 10.2 Å². The Labute approximate surface area is 215 Å². The normalized spacial score (nSPS) is 12.7. The first-order valence-electron chi connectivity index (χ1n) is 9.86. The average Bonchev–Trinajstić information content (AvgIpc) is 2.75. The van der Waals surface area contributed by atoms with Crippen molar-refractivity contribution in [3.63, 3.8) is 0 Å². The molecule has 0 spiro atoms. The van der Waals surface area contributed by atoms with E-state index in [-0.39, 0.29) is 16.6 Å². The maximum Gasteiger partial charge on any atom is 0.417 e. The van der Waals surface area contributed by atoms with Crippen LogP contribution in [0.5, 0.6) is 0 Å². The summed E-state index contributed by atoms with van der Waals surface area (Å²) in [6.07, 6.45) is -4.12. The lowest BCUT2D eigenvalue weighted by Crippen LogP contribution is -2.50. The minimum absolute atomic E-state index is 0.201. The van der Waals surface area contributed by atoms with Crippen LogP contribution in [0, 0.1) is 0 Å². The molecule has 0 radical (unpaired) electrons. The molecule has 2 aromatic rings. The number of amides is 2. The molecule has 0 heterocycles. The number of hydrogen-bond donors (Lipinski definition) is 1. The molecule has 0 aromatic heterocycles. The Balaban J connectivity index is 2.52. The summed E-state index contributed by atoms with van der Waals surface area (Å²) in [5.41, 5.74) is -1.39. The van der Waals surface area contributed by atoms with Gasteiger partial charge in [0, 0.05) is 29.2 Å². The molecule has 35 heavy (non-hydrogen) atoms. The van der Waals surface area contributed by atoms with E-state index in [9.17, 15) is 31.2 Å². The summed E-state index contributed by atoms with van der Waals surface area (Å²) in [6, 6.07) is 5.98. The van der Waals surface area contributed by atoms with E-state index in [2.05, 4.69) is 5.32 Å². The van der Waals surface area contributed by atoms with Crippen LogP contribution in [0.15, 0.2) is 36.4 Å². The zero-order valence-electron chi connectivity index (χ0n) is 18.7. The Morgan fingerprint density at radius 2 is 1.63 bits per heavy atom. The van der Waals surface area contributed by atoms with Crippen LogP contribution in [0.25, 0.3) is 0 Å². The average molecular weight is 575 g/mol. The fourth-order valence-corrected chi connectivity index (χ4v) is 4.73. The smallest absolute Gasteiger partial charge is 0.357 e. The molecule has 0 aliphatic carbocycles. The molecular formula is C21H21Cl3F3N3O4S. The topological polar surface area (TPSA) is 86.8 Å². The van der Waals surface area contributed by atoms with Gasteiger partial charge in [-0.1, -0.05) is 40.9 Å². The van der Waals surface area contributed by atoms with E-state index >= 15 is 0 Å². The van der Waals surface area contributed by atoms with Crippen LogP contribution in [0.3, 0.4) is 0 Å². The minimum Gasteiger partial charge on any atom is -0.357 e. The Bertz CT molecular complexity index is 1210. The molecule has 0 bridgehead atoms. The van der Waals surface area contributed by atoms with Gasteiger partial charge in [0.05, 0.1) is 22.5 Å². The highest BCUT2D eigenvalue weighted by atomic mass is 35.5. The molecule has 1 N–H and O–H groups in total. The summed E-state index contributed by atoms with van der Waals surface area (Å²) in [7, 11) is -2.89. The molecule has 0 saturated heterocycles. The maximum atomic E-state index is 13.3. The van der Waals surface area contributed by atoms with Gasteiger partial charge in [-0.2, -0.15) is 13.2 Å². The first-order chi connectivity index (χ1) is 16.1. The predicted octanol–water partition coefficient (Wildman–Crippen LogP) is 4.59. The second-order valence-electron chi connectivity index (χ2n) is 7.44. The fraction of sp³-hybridized carbons (Fsp3) is 0.333. The van der Waals surface area contributed by atoms with Crippen LogP contribution in [0.4, 0.5) is 18.9 Å². The number of halogens is 6. The Morgan fingerprint density at radius 3 is 2.11 bits per heavy atom. The molecule has 14 heteroatoms. The number of anilines is 1. The van der Waals surface area contributed by atoms with E-state index < -0.39 is 56.9 Å². The number of alkyl halides is 3. The van der Waals surface area contributed by atoms with E-state index in [1.54, 1.807) is 6.07 Å². The zero-order chi connectivity index (χ0) is 26.7. The summed E-state index contributed by atoms with van der Waals surface area (Å²) >= 11 is 18.0. The number of carbonyl (C=O) groups excluding carboxylic acids is 2. The predicted molar refractivity (Wildman–Crippen MR) is 129 cm³/mol. The summed E-state index contributed by atoms with van der Waals surface area (Å²) in [6.45, 7) is 0.232. The van der Waals surface area contributed by atoms with E-state index in [1.807, 2.05) is 0 Å². The summed E-state index contributed by atoms with van der Waals surface area (Å²) in [5, 5.41) is 2.16. The summed E-state index contributed by atoms with van der Waals surface area (Å²) in [5.74, 6) is -1.45. The summed E-state index contributed by atoms with van der Waals surface area (Å²) < 4.78 is 65.5. The molecule has 2 rings (SSSR count). The van der Waals surface area contributed by atoms with E-state index in [4.69, 9.17) is 34.8 Å². The van der Waals surface area contributed by atoms with Crippen molar-refractivity contribution in [3.8, 4) is 0 Å². The van der Waals surface area contributed by atoms with Gasteiger partial charge in [-0.15, -0.1) is 0 Å². The van der Waals surface area contributed by atoms with Crippen molar-refractivity contribution < 1.29 is 31.2 Å². The number of carbonyl (C=O) groups is 2. The van der Waals surface area contributed by atoms with E-state index in [0.717, 1.165) is 23.3 Å². The Kier molecular flexibility index (Phi) is 9.32. The molecule has 0 unspecified atom stereocenters. The van der Waals surface area contributed by atoms with Crippen LogP contribution < -0.4 is 9.62 Å². The number of hydrogen-bond acceptors (Lipinski definition) is 4. The van der Waals surface area contributed by atoms with Crippen molar-refractivity contribution in [2.75, 3.05) is 24.2 Å². The van der Waals surface area contributed by atoms with Crippen LogP contribution in [0.2, 0.25) is 15.1 Å². The van der Waals surface area contributed by atoms with Crippen LogP contribution in [-0.2, 0) is 32.3 Å². The second kappa shape index (κ2) is 11.2. The lowest BCUT2D eigenvalue weighted by Gasteiger charge is -2.31. The first-order valence-corrected chi connectivity index (χ1v) is 12.8. The van der Waals surface area contributed by atoms with Gasteiger partial charge in [0.1, 0.15) is 12.6 Å². The number of rotatable bonds is 8. The highest BCUT2D eigenvalue weighted by Crippen LogP contribution is 2.37. The standard InChI is InChI=1S/C21H21Cl3F3N3O4S/c1-12(20(32)28-2)29(10-14-16(22)5-4-6-17(14)23)19(31)11-30(35(3,33)34)13-7-8-18(24)15(9-13)21(25,26)27/h4-9,12H,10-11H2,1-3H3,(H,28,32)/t12-/m1/s1. The van der Waals surface area contributed by atoms with Crippen LogP contribution in [0.1, 0.15) is 18.1 Å². The SMILES string of the molecule is CNC(=O)[C@@H](C)N(Cc1c(Cl)cccc1Cl)C(=O)CN(c1ccc(Cl)c(C(F)(F)F)c1)S(C)(=O)=O. The number of likely N-dealkylation sites (N-methyl/N-ethyl adjacent to an activating group) is 1. The lowest BCUT2D eigenvalue weighted by atomic mass is 10.1. The van der Waals surface area contributed by atoms with Gasteiger partial charge < -0.3 is 10.2 Å². The number of benzene rings is 2. The van der Waals surface area contributed by atoms with Crippen LogP contribution in [-0.4, -0.2) is 51.0 Å². The van der Waals surface area contributed by atoms with Gasteiger partial charge in [-0.3, -0.25) is 13.9 Å². The van der Waals surface area contributed by atoms with Crippen molar-refractivity contribution in [1.29, 1.82) is 0 Å². The van der Waals surface area contributed by atoms with Crippen molar-refractivity contribution in [2.24, 2.45) is 0 Å². The molecule has 2 aromatic carbocycles. The molecule has 0 saturated carbocycles. The van der Waals surface area contributed by atoms with Gasteiger partial charge in [0.15, 0.2) is 0 Å². The largest absolute Gasteiger partial charge is 0.417 e. The molecule has 0 aliphatic rings. The summed E-state index contributed by atoms with van der Waals surface area (Å²) in [4.78, 5) is 26.7. The minimum atomic E-state index is -4.86. The van der Waals surface area contributed by atoms with Crippen LogP contribution >= 0.6 is 34.8 Å². The first kappa shape index (κ1) is 29.0. The van der Waals surface area contributed by atoms with Gasteiger partial charge in [-0.25, -0.2) is 8.42 Å². The third-order valence-corrected chi connectivity index (χ3v) is 7.20. The van der Waals surface area contributed by atoms with Crippen molar-refractivity contribution >= 4 is 62.3 Å². The van der Waals surface area contributed by atoms with Gasteiger partial charge in [0.25, 0.3) is 0 Å². The van der Waals surface area contributed by atoms with E-state index in [1.165, 1.54) is 26.1 Å². The highest BCUT2D eigenvalue weighted by Gasteiger charge is 2.35. The third-order valence-electron chi connectivity index (χ3n) is 5.03. The zero-order valence-corrected chi connectivity index (χ0v) is 21.7. The molecule has 0 aliphatic heterocycles. The molecule has 1 atom stereocenters. The van der Waals surface area contributed by atoms with Crippen molar-refractivity contribution in [2.45, 2.75) is 25.7 Å². The van der Waals surface area contributed by atoms with Gasteiger partial charge >= 0.3 is 6.18 Å². The molecular weight excluding hydrogens is 554 g/mol. The van der Waals surface area contributed by atoms with Gasteiger partial charge in [-0.05, 0) is 37.3 Å². The Hall–Kier alpha value is -2.21. The second-order valence-corrected chi connectivity index (χ2v) is 10.6. The number of sulfonamides is 1. The highest BCUT2D eigenvalue weighted by molar-refractivity contribution is 7.92. The van der Waals surface area contributed by atoms with Crippen molar-refractivity contribution in [3.05, 3.63) is 62.6 Å². The monoisotopic (exact) mass is 573 g/mol. The third kappa shape index (κ3) is 7.16. The molecule has 7 nitrogen and oxygen atoms in total. The molecule has 192 valence electrons. The van der Waals surface area contributed by atoms with Gasteiger partial charge in [0.2, 0.25) is 21.8 Å². The fourth-order valence-electron chi connectivity index (χ4n) is 3.14. The lowest BCUT2D eigenvalue weighted by molar-refractivity contribution is -0.139. The number of nitrogens with one attached hydrogen (secondary N) is 1. The maximum absolute atomic E-state index is 13.3. The Morgan fingerprint density at radius 1 is 1.06 bits per heavy atom. The molecule has 0 fully saturated rings. The molecule has 2 amide bonds.